The third-order valence-corrected chi connectivity index (χ3v) is 4.57. The van der Waals surface area contributed by atoms with E-state index in [1.165, 1.54) is 18.2 Å². The lowest BCUT2D eigenvalue weighted by molar-refractivity contribution is -0.117. The van der Waals surface area contributed by atoms with Crippen LogP contribution in [0.15, 0.2) is 48.0 Å². The Morgan fingerprint density at radius 2 is 2.00 bits per heavy atom. The van der Waals surface area contributed by atoms with Gasteiger partial charge in [-0.25, -0.2) is 5.01 Å². The predicted octanol–water partition coefficient (Wildman–Crippen LogP) is 2.77. The molecule has 0 bridgehead atoms. The van der Waals surface area contributed by atoms with Gasteiger partial charge < -0.3 is 9.47 Å². The van der Waals surface area contributed by atoms with E-state index in [4.69, 9.17) is 15.9 Å². The number of para-hydroxylation sites is 1. The topological polar surface area (TPSA) is 67.9 Å². The molecule has 2 aromatic rings. The van der Waals surface area contributed by atoms with E-state index in [1.54, 1.807) is 36.4 Å². The Bertz CT molecular complexity index is 964. The highest BCUT2D eigenvalue weighted by molar-refractivity contribution is 14.1. The molecule has 0 unspecified atom stereocenters. The lowest BCUT2D eigenvalue weighted by Crippen LogP contribution is -2.35. The standard InChI is InChI=1S/C20H15IN2O4/c1-3-9-27-18-16(21)11-13(12-17(18)26-2)10-15-19(24)22-23(20(15)25)14-7-5-4-6-8-14/h1,4-8,10-12H,9H2,2H3,(H,22,24)/b15-10+. The second-order valence-corrected chi connectivity index (χ2v) is 6.66. The fourth-order valence-corrected chi connectivity index (χ4v) is 3.34. The van der Waals surface area contributed by atoms with Crippen LogP contribution >= 0.6 is 22.6 Å². The number of methoxy groups -OCH3 is 1. The number of hydrazine groups is 1. The number of hydrogen-bond acceptors (Lipinski definition) is 4. The highest BCUT2D eigenvalue weighted by Crippen LogP contribution is 2.35. The summed E-state index contributed by atoms with van der Waals surface area (Å²) in [7, 11) is 1.51. The Kier molecular flexibility index (Phi) is 5.66. The Morgan fingerprint density at radius 3 is 2.67 bits per heavy atom. The molecule has 7 heteroatoms. The van der Waals surface area contributed by atoms with Crippen LogP contribution in [0.4, 0.5) is 5.69 Å². The van der Waals surface area contributed by atoms with Gasteiger partial charge in [0.15, 0.2) is 11.5 Å². The monoisotopic (exact) mass is 474 g/mol. The number of nitrogens with zero attached hydrogens (tertiary/aromatic N) is 1. The summed E-state index contributed by atoms with van der Waals surface area (Å²) in [6, 6.07) is 12.4. The molecule has 6 nitrogen and oxygen atoms in total. The van der Waals surface area contributed by atoms with Gasteiger partial charge in [-0.15, -0.1) is 6.42 Å². The summed E-state index contributed by atoms with van der Waals surface area (Å²) in [5.74, 6) is 2.50. The summed E-state index contributed by atoms with van der Waals surface area (Å²) >= 11 is 2.09. The first-order valence-electron chi connectivity index (χ1n) is 7.91. The second-order valence-electron chi connectivity index (χ2n) is 5.50. The number of carbonyl (C=O) groups is 2. The van der Waals surface area contributed by atoms with E-state index < -0.39 is 11.8 Å². The van der Waals surface area contributed by atoms with Gasteiger partial charge in [0, 0.05) is 0 Å². The zero-order chi connectivity index (χ0) is 19.4. The van der Waals surface area contributed by atoms with Crippen LogP contribution < -0.4 is 19.9 Å². The first kappa shape index (κ1) is 18.8. The van der Waals surface area contributed by atoms with Crippen LogP contribution in [0.3, 0.4) is 0 Å². The lowest BCUT2D eigenvalue weighted by atomic mass is 10.1. The Hall–Kier alpha value is -2.99. The maximum atomic E-state index is 12.7. The SMILES string of the molecule is C#CCOc1c(I)cc(/C=C2\C(=O)NN(c3ccccc3)C2=O)cc1OC. The lowest BCUT2D eigenvalue weighted by Gasteiger charge is -2.14. The molecule has 0 aliphatic carbocycles. The first-order valence-corrected chi connectivity index (χ1v) is 8.99. The van der Waals surface area contributed by atoms with E-state index in [9.17, 15) is 9.59 Å². The van der Waals surface area contributed by atoms with E-state index in [0.29, 0.717) is 22.7 Å². The largest absolute Gasteiger partial charge is 0.493 e. The van der Waals surface area contributed by atoms with Gasteiger partial charge in [0.25, 0.3) is 11.8 Å². The summed E-state index contributed by atoms with van der Waals surface area (Å²) in [6.45, 7) is 0.111. The number of carbonyl (C=O) groups excluding carboxylic acids is 2. The van der Waals surface area contributed by atoms with E-state index in [0.717, 1.165) is 3.57 Å². The Morgan fingerprint density at radius 1 is 1.26 bits per heavy atom. The van der Waals surface area contributed by atoms with Crippen molar-refractivity contribution >= 4 is 46.2 Å². The minimum absolute atomic E-state index is 0.0361. The Labute approximate surface area is 170 Å². The van der Waals surface area contributed by atoms with E-state index in [-0.39, 0.29) is 12.2 Å². The van der Waals surface area contributed by atoms with Crippen LogP contribution in [-0.4, -0.2) is 25.5 Å². The molecule has 0 spiro atoms. The predicted molar refractivity (Wildman–Crippen MR) is 110 cm³/mol. The minimum atomic E-state index is -0.467. The number of rotatable bonds is 5. The van der Waals surface area contributed by atoms with Crippen LogP contribution in [0.1, 0.15) is 5.56 Å². The van der Waals surface area contributed by atoms with Crippen LogP contribution in [0.2, 0.25) is 0 Å². The fraction of sp³-hybridized carbons (Fsp3) is 0.100. The van der Waals surface area contributed by atoms with Crippen molar-refractivity contribution in [3.63, 3.8) is 0 Å². The number of amides is 2. The third kappa shape index (κ3) is 3.90. The van der Waals surface area contributed by atoms with E-state index in [1.807, 2.05) is 6.07 Å². The van der Waals surface area contributed by atoms with Crippen molar-refractivity contribution in [2.24, 2.45) is 0 Å². The third-order valence-electron chi connectivity index (χ3n) is 3.77. The molecule has 1 fully saturated rings. The number of nitrogens with one attached hydrogen (secondary N) is 1. The van der Waals surface area contributed by atoms with Crippen molar-refractivity contribution in [3.05, 3.63) is 57.2 Å². The van der Waals surface area contributed by atoms with Gasteiger partial charge in [0.2, 0.25) is 0 Å². The zero-order valence-corrected chi connectivity index (χ0v) is 16.5. The number of anilines is 1. The van der Waals surface area contributed by atoms with Crippen molar-refractivity contribution in [2.75, 3.05) is 18.7 Å². The molecule has 27 heavy (non-hydrogen) atoms. The number of halogens is 1. The van der Waals surface area contributed by atoms with Crippen molar-refractivity contribution < 1.29 is 19.1 Å². The minimum Gasteiger partial charge on any atom is -0.493 e. The van der Waals surface area contributed by atoms with Gasteiger partial charge in [-0.1, -0.05) is 24.1 Å². The molecule has 1 N–H and O–H groups in total. The van der Waals surface area contributed by atoms with Gasteiger partial charge in [-0.05, 0) is 58.5 Å². The van der Waals surface area contributed by atoms with Crippen LogP contribution in [0.5, 0.6) is 11.5 Å². The van der Waals surface area contributed by atoms with Crippen molar-refractivity contribution in [1.29, 1.82) is 0 Å². The number of terminal acetylenes is 1. The average Bonchev–Trinajstić information content (AvgIpc) is 2.95. The number of ether oxygens (including phenoxy) is 2. The number of benzene rings is 2. The Balaban J connectivity index is 1.94. The summed E-state index contributed by atoms with van der Waals surface area (Å²) in [4.78, 5) is 25.0. The molecule has 1 aliphatic rings. The molecule has 0 atom stereocenters. The summed E-state index contributed by atoms with van der Waals surface area (Å²) < 4.78 is 11.6. The van der Waals surface area contributed by atoms with Gasteiger partial charge in [-0.2, -0.15) is 0 Å². The molecular weight excluding hydrogens is 459 g/mol. The molecule has 1 saturated heterocycles. The summed E-state index contributed by atoms with van der Waals surface area (Å²) in [5.41, 5.74) is 3.83. The van der Waals surface area contributed by atoms with Gasteiger partial charge in [-0.3, -0.25) is 15.0 Å². The molecule has 2 aromatic carbocycles. The van der Waals surface area contributed by atoms with Crippen LogP contribution in [0, 0.1) is 15.9 Å². The first-order chi connectivity index (χ1) is 13.0. The molecule has 2 amide bonds. The van der Waals surface area contributed by atoms with E-state index in [2.05, 4.69) is 33.9 Å². The van der Waals surface area contributed by atoms with Crippen molar-refractivity contribution in [1.82, 2.24) is 5.43 Å². The highest BCUT2D eigenvalue weighted by atomic mass is 127. The summed E-state index contributed by atoms with van der Waals surface area (Å²) in [5, 5.41) is 1.22. The summed E-state index contributed by atoms with van der Waals surface area (Å²) in [6.07, 6.45) is 6.76. The molecule has 3 rings (SSSR count). The molecule has 0 aromatic heterocycles. The number of hydrogen-bond donors (Lipinski definition) is 1. The van der Waals surface area contributed by atoms with Gasteiger partial charge >= 0.3 is 0 Å². The van der Waals surface area contributed by atoms with Crippen LogP contribution in [-0.2, 0) is 9.59 Å². The second kappa shape index (κ2) is 8.14. The maximum Gasteiger partial charge on any atom is 0.282 e. The maximum absolute atomic E-state index is 12.7. The molecule has 1 heterocycles. The average molecular weight is 474 g/mol. The van der Waals surface area contributed by atoms with E-state index >= 15 is 0 Å². The fourth-order valence-electron chi connectivity index (χ4n) is 2.56. The van der Waals surface area contributed by atoms with Crippen molar-refractivity contribution in [2.45, 2.75) is 0 Å². The highest BCUT2D eigenvalue weighted by Gasteiger charge is 2.34. The quantitative estimate of drug-likeness (QED) is 0.313. The molecule has 1 aliphatic heterocycles. The smallest absolute Gasteiger partial charge is 0.282 e. The van der Waals surface area contributed by atoms with Gasteiger partial charge in [0.05, 0.1) is 16.4 Å². The normalized spacial score (nSPS) is 14.9. The van der Waals surface area contributed by atoms with Crippen molar-refractivity contribution in [3.8, 4) is 23.8 Å². The zero-order valence-electron chi connectivity index (χ0n) is 14.4. The molecular formula is C20H15IN2O4. The molecule has 0 saturated carbocycles. The molecule has 0 radical (unpaired) electrons. The van der Waals surface area contributed by atoms with Gasteiger partial charge in [0.1, 0.15) is 12.2 Å². The molecule has 136 valence electrons. The van der Waals surface area contributed by atoms with Crippen LogP contribution in [0.25, 0.3) is 6.08 Å².